The van der Waals surface area contributed by atoms with Crippen molar-refractivity contribution in [1.29, 1.82) is 0 Å². The molecule has 0 saturated heterocycles. The Morgan fingerprint density at radius 2 is 1.59 bits per heavy atom. The first-order valence-corrected chi connectivity index (χ1v) is 14.5. The lowest BCUT2D eigenvalue weighted by molar-refractivity contribution is 0.0469. The summed E-state index contributed by atoms with van der Waals surface area (Å²) in [4.78, 5) is 13.6. The van der Waals surface area contributed by atoms with Gasteiger partial charge in [-0.05, 0) is 60.1 Å². The SMILES string of the molecule is COc1ccc(S(=O)(=O)NC[C@@H](O)[C@H](Cc2ccccc2)N(Cc2ccccc2)C(=O)O)c(CCC(C)C)c1. The molecule has 3 N–H and O–H groups in total. The lowest BCUT2D eigenvalue weighted by atomic mass is 9.99. The van der Waals surface area contributed by atoms with Crippen LogP contribution >= 0.6 is 0 Å². The number of aliphatic hydroxyl groups is 1. The molecule has 1 amide bonds. The topological polar surface area (TPSA) is 116 Å². The zero-order chi connectivity index (χ0) is 28.4. The maximum atomic E-state index is 13.4. The minimum absolute atomic E-state index is 0.0509. The van der Waals surface area contributed by atoms with Crippen molar-refractivity contribution in [2.24, 2.45) is 5.92 Å². The number of amides is 1. The van der Waals surface area contributed by atoms with E-state index in [1.165, 1.54) is 18.1 Å². The number of aliphatic hydroxyl groups excluding tert-OH is 1. The van der Waals surface area contributed by atoms with Crippen LogP contribution in [-0.2, 0) is 29.4 Å². The number of ether oxygens (including phenoxy) is 1. The Morgan fingerprint density at radius 3 is 2.15 bits per heavy atom. The van der Waals surface area contributed by atoms with Gasteiger partial charge >= 0.3 is 6.09 Å². The van der Waals surface area contributed by atoms with Crippen molar-refractivity contribution in [1.82, 2.24) is 9.62 Å². The van der Waals surface area contributed by atoms with Crippen molar-refractivity contribution in [2.75, 3.05) is 13.7 Å². The predicted octanol–water partition coefficient (Wildman–Crippen LogP) is 4.71. The number of nitrogens with one attached hydrogen (secondary N) is 1. The summed E-state index contributed by atoms with van der Waals surface area (Å²) in [6.07, 6.45) is -0.950. The average molecular weight is 555 g/mol. The molecule has 2 atom stereocenters. The number of benzene rings is 3. The second-order valence-electron chi connectivity index (χ2n) is 9.98. The van der Waals surface area contributed by atoms with Crippen LogP contribution in [0.1, 0.15) is 37.0 Å². The molecule has 0 unspecified atom stereocenters. The van der Waals surface area contributed by atoms with E-state index in [-0.39, 0.29) is 24.4 Å². The first-order valence-electron chi connectivity index (χ1n) is 13.0. The van der Waals surface area contributed by atoms with Crippen LogP contribution in [0, 0.1) is 5.92 Å². The van der Waals surface area contributed by atoms with Crippen molar-refractivity contribution >= 4 is 16.1 Å². The van der Waals surface area contributed by atoms with Crippen molar-refractivity contribution < 1.29 is 28.2 Å². The normalized spacial score (nSPS) is 13.2. The van der Waals surface area contributed by atoms with E-state index in [1.54, 1.807) is 12.1 Å². The third-order valence-corrected chi connectivity index (χ3v) is 8.13. The van der Waals surface area contributed by atoms with Gasteiger partial charge in [0.1, 0.15) is 5.75 Å². The molecule has 9 heteroatoms. The van der Waals surface area contributed by atoms with Gasteiger partial charge in [-0.1, -0.05) is 74.5 Å². The number of aryl methyl sites for hydroxylation is 1. The summed E-state index contributed by atoms with van der Waals surface area (Å²) < 4.78 is 34.6. The summed E-state index contributed by atoms with van der Waals surface area (Å²) in [5.41, 5.74) is 2.22. The van der Waals surface area contributed by atoms with E-state index >= 15 is 0 Å². The molecule has 0 aliphatic heterocycles. The highest BCUT2D eigenvalue weighted by molar-refractivity contribution is 7.89. The van der Waals surface area contributed by atoms with Crippen molar-refractivity contribution in [3.63, 3.8) is 0 Å². The number of nitrogens with zero attached hydrogens (tertiary/aromatic N) is 1. The van der Waals surface area contributed by atoms with Crippen LogP contribution in [0.4, 0.5) is 4.79 Å². The lowest BCUT2D eigenvalue weighted by Gasteiger charge is -2.33. The molecule has 0 aliphatic rings. The molecule has 0 aliphatic carbocycles. The monoisotopic (exact) mass is 554 g/mol. The minimum Gasteiger partial charge on any atom is -0.497 e. The fraction of sp³-hybridized carbons (Fsp3) is 0.367. The van der Waals surface area contributed by atoms with Gasteiger partial charge in [0.15, 0.2) is 0 Å². The van der Waals surface area contributed by atoms with E-state index in [0.29, 0.717) is 23.7 Å². The molecule has 210 valence electrons. The Balaban J connectivity index is 1.86. The summed E-state index contributed by atoms with van der Waals surface area (Å²) in [6.45, 7) is 3.84. The van der Waals surface area contributed by atoms with Crippen LogP contribution in [0.5, 0.6) is 5.75 Å². The van der Waals surface area contributed by atoms with Gasteiger partial charge in [0, 0.05) is 13.1 Å². The second-order valence-corrected chi connectivity index (χ2v) is 11.7. The van der Waals surface area contributed by atoms with E-state index in [1.807, 2.05) is 60.7 Å². The highest BCUT2D eigenvalue weighted by Crippen LogP contribution is 2.25. The Kier molecular flexibility index (Phi) is 10.9. The zero-order valence-electron chi connectivity index (χ0n) is 22.7. The van der Waals surface area contributed by atoms with Crippen molar-refractivity contribution in [3.8, 4) is 5.75 Å². The largest absolute Gasteiger partial charge is 0.497 e. The van der Waals surface area contributed by atoms with E-state index < -0.39 is 28.3 Å². The van der Waals surface area contributed by atoms with E-state index in [0.717, 1.165) is 17.5 Å². The standard InChI is InChI=1S/C30H38N2O6S/c1-22(2)14-15-25-19-26(38-3)16-17-29(25)39(36,37)31-20-28(33)27(18-23-10-6-4-7-11-23)32(30(34)35)21-24-12-8-5-9-13-24/h4-13,16-17,19,22,27-28,31,33H,14-15,18,20-21H2,1-3H3,(H,34,35)/t27-,28+/m0/s1. The van der Waals surface area contributed by atoms with Gasteiger partial charge in [0.25, 0.3) is 0 Å². The molecule has 0 bridgehead atoms. The van der Waals surface area contributed by atoms with Crippen LogP contribution in [0.25, 0.3) is 0 Å². The van der Waals surface area contributed by atoms with Crippen LogP contribution < -0.4 is 9.46 Å². The van der Waals surface area contributed by atoms with Gasteiger partial charge in [0.2, 0.25) is 10.0 Å². The summed E-state index contributed by atoms with van der Waals surface area (Å²) in [6, 6.07) is 22.3. The first kappa shape index (κ1) is 30.1. The smallest absolute Gasteiger partial charge is 0.407 e. The average Bonchev–Trinajstić information content (AvgIpc) is 2.93. The third kappa shape index (κ3) is 8.81. The number of carboxylic acid groups (broad SMARTS) is 1. The molecule has 39 heavy (non-hydrogen) atoms. The number of hydrogen-bond donors (Lipinski definition) is 3. The maximum Gasteiger partial charge on any atom is 0.407 e. The predicted molar refractivity (Wildman–Crippen MR) is 151 cm³/mol. The van der Waals surface area contributed by atoms with Gasteiger partial charge < -0.3 is 14.9 Å². The number of hydrogen-bond acceptors (Lipinski definition) is 5. The Hall–Kier alpha value is -3.40. The van der Waals surface area contributed by atoms with Crippen molar-refractivity contribution in [2.45, 2.75) is 56.7 Å². The van der Waals surface area contributed by atoms with Crippen LogP contribution in [-0.4, -0.2) is 55.4 Å². The van der Waals surface area contributed by atoms with Crippen LogP contribution in [0.2, 0.25) is 0 Å². The number of carbonyl (C=O) groups is 1. The second kappa shape index (κ2) is 14.1. The maximum absolute atomic E-state index is 13.4. The molecule has 0 fully saturated rings. The summed E-state index contributed by atoms with van der Waals surface area (Å²) in [5.74, 6) is 0.945. The molecule has 0 radical (unpaired) electrons. The first-order chi connectivity index (χ1) is 18.6. The zero-order valence-corrected chi connectivity index (χ0v) is 23.5. The molecule has 0 heterocycles. The minimum atomic E-state index is -4.00. The van der Waals surface area contributed by atoms with Gasteiger partial charge in [-0.3, -0.25) is 4.90 Å². The lowest BCUT2D eigenvalue weighted by Crippen LogP contribution is -2.51. The third-order valence-electron chi connectivity index (χ3n) is 6.60. The van der Waals surface area contributed by atoms with E-state index in [2.05, 4.69) is 18.6 Å². The van der Waals surface area contributed by atoms with Crippen molar-refractivity contribution in [3.05, 3.63) is 95.6 Å². The molecule has 3 rings (SSSR count). The Labute approximate surface area is 231 Å². The number of sulfonamides is 1. The van der Waals surface area contributed by atoms with E-state index in [9.17, 15) is 23.4 Å². The van der Waals surface area contributed by atoms with E-state index in [4.69, 9.17) is 4.74 Å². The molecule has 0 aromatic heterocycles. The highest BCUT2D eigenvalue weighted by Gasteiger charge is 2.31. The molecular formula is C30H38N2O6S. The fourth-order valence-electron chi connectivity index (χ4n) is 4.41. The van der Waals surface area contributed by atoms with Gasteiger partial charge in [-0.15, -0.1) is 0 Å². The molecule has 3 aromatic rings. The van der Waals surface area contributed by atoms with Gasteiger partial charge in [-0.2, -0.15) is 0 Å². The Bertz CT molecular complexity index is 1300. The highest BCUT2D eigenvalue weighted by atomic mass is 32.2. The quantitative estimate of drug-likeness (QED) is 0.266. The molecule has 8 nitrogen and oxygen atoms in total. The molecule has 0 saturated carbocycles. The summed E-state index contributed by atoms with van der Waals surface area (Å²) in [7, 11) is -2.47. The Morgan fingerprint density at radius 1 is 0.974 bits per heavy atom. The number of methoxy groups -OCH3 is 1. The molecule has 0 spiro atoms. The summed E-state index contributed by atoms with van der Waals surface area (Å²) >= 11 is 0. The number of rotatable bonds is 14. The van der Waals surface area contributed by atoms with Crippen LogP contribution in [0.15, 0.2) is 83.8 Å². The molecular weight excluding hydrogens is 516 g/mol. The van der Waals surface area contributed by atoms with Gasteiger partial charge in [0.05, 0.1) is 24.2 Å². The van der Waals surface area contributed by atoms with Crippen LogP contribution in [0.3, 0.4) is 0 Å². The molecule has 3 aromatic carbocycles. The summed E-state index contributed by atoms with van der Waals surface area (Å²) in [5, 5.41) is 21.3. The fourth-order valence-corrected chi connectivity index (χ4v) is 5.71. The van der Waals surface area contributed by atoms with Gasteiger partial charge in [-0.25, -0.2) is 17.9 Å².